The molecule has 112 valence electrons. The van der Waals surface area contributed by atoms with E-state index in [-0.39, 0.29) is 5.91 Å². The molecule has 3 rings (SSSR count). The van der Waals surface area contributed by atoms with E-state index in [2.05, 4.69) is 31.0 Å². The second kappa shape index (κ2) is 6.02. The Morgan fingerprint density at radius 2 is 2.00 bits per heavy atom. The fraction of sp³-hybridized carbons (Fsp3) is 0.176. The summed E-state index contributed by atoms with van der Waals surface area (Å²) in [4.78, 5) is 18.1. The number of thiazole rings is 1. The summed E-state index contributed by atoms with van der Waals surface area (Å²) in [5.74, 6) is -0.231. The Labute approximate surface area is 136 Å². The van der Waals surface area contributed by atoms with Crippen molar-refractivity contribution in [3.63, 3.8) is 0 Å². The van der Waals surface area contributed by atoms with Gasteiger partial charge in [-0.15, -0.1) is 11.3 Å². The molecule has 0 atom stereocenters. The SMILES string of the molecule is Cc1ccc(C)c2c1sc(=NC(=O)/C=C/c1cccs1)n2C. The lowest BCUT2D eigenvalue weighted by atomic mass is 10.1. The molecule has 0 radical (unpaired) electrons. The molecule has 0 spiro atoms. The van der Waals surface area contributed by atoms with E-state index < -0.39 is 0 Å². The topological polar surface area (TPSA) is 34.4 Å². The molecule has 0 bridgehead atoms. The van der Waals surface area contributed by atoms with Gasteiger partial charge in [-0.25, -0.2) is 0 Å². The molecule has 22 heavy (non-hydrogen) atoms. The van der Waals surface area contributed by atoms with E-state index >= 15 is 0 Å². The van der Waals surface area contributed by atoms with Gasteiger partial charge in [-0.3, -0.25) is 4.79 Å². The maximum Gasteiger partial charge on any atom is 0.272 e. The molecule has 0 aliphatic rings. The molecule has 1 amide bonds. The van der Waals surface area contributed by atoms with Gasteiger partial charge in [0.05, 0.1) is 10.2 Å². The Balaban J connectivity index is 2.03. The van der Waals surface area contributed by atoms with Crippen LogP contribution in [0.4, 0.5) is 0 Å². The summed E-state index contributed by atoms with van der Waals surface area (Å²) in [7, 11) is 1.96. The number of hydrogen-bond acceptors (Lipinski definition) is 3. The predicted octanol–water partition coefficient (Wildman–Crippen LogP) is 4.06. The highest BCUT2D eigenvalue weighted by molar-refractivity contribution is 7.16. The predicted molar refractivity (Wildman–Crippen MR) is 94.2 cm³/mol. The molecule has 3 aromatic rings. The van der Waals surface area contributed by atoms with Crippen LogP contribution >= 0.6 is 22.7 Å². The first-order valence-corrected chi connectivity index (χ1v) is 8.62. The highest BCUT2D eigenvalue weighted by Crippen LogP contribution is 2.23. The fourth-order valence-electron chi connectivity index (χ4n) is 2.34. The lowest BCUT2D eigenvalue weighted by molar-refractivity contribution is -0.113. The molecule has 5 heteroatoms. The second-order valence-corrected chi connectivity index (χ2v) is 7.08. The maximum atomic E-state index is 12.1. The van der Waals surface area contributed by atoms with E-state index in [9.17, 15) is 4.79 Å². The van der Waals surface area contributed by atoms with Gasteiger partial charge in [0.25, 0.3) is 5.91 Å². The summed E-state index contributed by atoms with van der Waals surface area (Å²) in [6, 6.07) is 8.15. The summed E-state index contributed by atoms with van der Waals surface area (Å²) in [6.45, 7) is 4.16. The number of carbonyl (C=O) groups excluding carboxylic acids is 1. The van der Waals surface area contributed by atoms with Gasteiger partial charge in [-0.1, -0.05) is 29.5 Å². The Morgan fingerprint density at radius 3 is 2.68 bits per heavy atom. The molecular weight excluding hydrogens is 312 g/mol. The number of benzene rings is 1. The van der Waals surface area contributed by atoms with Crippen LogP contribution in [0.2, 0.25) is 0 Å². The van der Waals surface area contributed by atoms with Gasteiger partial charge < -0.3 is 4.57 Å². The summed E-state index contributed by atoms with van der Waals surface area (Å²) >= 11 is 3.16. The smallest absolute Gasteiger partial charge is 0.272 e. The first-order chi connectivity index (χ1) is 10.6. The van der Waals surface area contributed by atoms with Crippen LogP contribution in [0, 0.1) is 13.8 Å². The minimum Gasteiger partial charge on any atom is -0.319 e. The zero-order valence-electron chi connectivity index (χ0n) is 12.7. The van der Waals surface area contributed by atoms with E-state index in [1.165, 1.54) is 21.9 Å². The van der Waals surface area contributed by atoms with Gasteiger partial charge >= 0.3 is 0 Å². The minimum atomic E-state index is -0.231. The van der Waals surface area contributed by atoms with Gasteiger partial charge in [-0.2, -0.15) is 4.99 Å². The number of rotatable bonds is 2. The molecule has 2 heterocycles. The molecule has 0 fully saturated rings. The third-order valence-electron chi connectivity index (χ3n) is 3.48. The van der Waals surface area contributed by atoms with Crippen LogP contribution in [0.15, 0.2) is 40.7 Å². The number of aromatic nitrogens is 1. The van der Waals surface area contributed by atoms with Gasteiger partial charge in [0.15, 0.2) is 4.80 Å². The van der Waals surface area contributed by atoms with E-state index in [0.29, 0.717) is 0 Å². The maximum absolute atomic E-state index is 12.1. The van der Waals surface area contributed by atoms with Crippen molar-refractivity contribution < 1.29 is 4.79 Å². The Bertz CT molecular complexity index is 928. The lowest BCUT2D eigenvalue weighted by Crippen LogP contribution is -2.12. The summed E-state index contributed by atoms with van der Waals surface area (Å²) in [5.41, 5.74) is 3.56. The zero-order chi connectivity index (χ0) is 15.7. The van der Waals surface area contributed by atoms with Crippen molar-refractivity contribution in [1.82, 2.24) is 4.57 Å². The average Bonchev–Trinajstić information content (AvgIpc) is 3.11. The second-order valence-electron chi connectivity index (χ2n) is 5.12. The van der Waals surface area contributed by atoms with Gasteiger partial charge in [0.2, 0.25) is 0 Å². The highest BCUT2D eigenvalue weighted by atomic mass is 32.1. The summed E-state index contributed by atoms with van der Waals surface area (Å²) < 4.78 is 3.19. The van der Waals surface area contributed by atoms with Crippen LogP contribution in [-0.2, 0) is 11.8 Å². The summed E-state index contributed by atoms with van der Waals surface area (Å²) in [5, 5.41) is 1.98. The van der Waals surface area contributed by atoms with Crippen LogP contribution < -0.4 is 4.80 Å². The number of carbonyl (C=O) groups is 1. The van der Waals surface area contributed by atoms with Crippen molar-refractivity contribution in [3.8, 4) is 0 Å². The van der Waals surface area contributed by atoms with Gasteiger partial charge in [-0.05, 0) is 42.5 Å². The number of nitrogens with zero attached hydrogens (tertiary/aromatic N) is 2. The van der Waals surface area contributed by atoms with Crippen molar-refractivity contribution in [2.24, 2.45) is 12.0 Å². The van der Waals surface area contributed by atoms with Crippen LogP contribution in [0.1, 0.15) is 16.0 Å². The number of thiophene rings is 1. The van der Waals surface area contributed by atoms with E-state index in [4.69, 9.17) is 0 Å². The van der Waals surface area contributed by atoms with Crippen molar-refractivity contribution in [2.75, 3.05) is 0 Å². The molecule has 1 aromatic carbocycles. The number of aryl methyl sites for hydroxylation is 3. The zero-order valence-corrected chi connectivity index (χ0v) is 14.3. The van der Waals surface area contributed by atoms with Crippen LogP contribution in [0.3, 0.4) is 0 Å². The first kappa shape index (κ1) is 14.9. The number of amides is 1. The van der Waals surface area contributed by atoms with Crippen molar-refractivity contribution in [1.29, 1.82) is 0 Å². The average molecular weight is 328 g/mol. The Kier molecular flexibility index (Phi) is 4.09. The molecule has 2 aromatic heterocycles. The van der Waals surface area contributed by atoms with E-state index in [1.54, 1.807) is 28.7 Å². The standard InChI is InChI=1S/C17H16N2OS2/c1-11-6-7-12(2)16-15(11)19(3)17(22-16)18-14(20)9-8-13-5-4-10-21-13/h4-10H,1-3H3/b9-8+,18-17?. The first-order valence-electron chi connectivity index (χ1n) is 6.92. The van der Waals surface area contributed by atoms with E-state index in [1.807, 2.05) is 29.1 Å². The van der Waals surface area contributed by atoms with Crippen molar-refractivity contribution in [2.45, 2.75) is 13.8 Å². The Hall–Kier alpha value is -1.98. The quantitative estimate of drug-likeness (QED) is 0.653. The number of fused-ring (bicyclic) bond motifs is 1. The minimum absolute atomic E-state index is 0.231. The molecule has 0 aliphatic carbocycles. The molecule has 0 N–H and O–H groups in total. The molecule has 0 unspecified atom stereocenters. The molecule has 0 saturated carbocycles. The third-order valence-corrected chi connectivity index (χ3v) is 5.59. The summed E-state index contributed by atoms with van der Waals surface area (Å²) in [6.07, 6.45) is 3.33. The fourth-order valence-corrected chi connectivity index (χ4v) is 4.13. The number of hydrogen-bond donors (Lipinski definition) is 0. The normalized spacial score (nSPS) is 12.6. The van der Waals surface area contributed by atoms with Crippen LogP contribution in [0.25, 0.3) is 16.3 Å². The van der Waals surface area contributed by atoms with Crippen molar-refractivity contribution >= 4 is 44.9 Å². The largest absolute Gasteiger partial charge is 0.319 e. The van der Waals surface area contributed by atoms with Crippen LogP contribution in [0.5, 0.6) is 0 Å². The van der Waals surface area contributed by atoms with Crippen molar-refractivity contribution in [3.05, 3.63) is 56.5 Å². The highest BCUT2D eigenvalue weighted by Gasteiger charge is 2.08. The van der Waals surface area contributed by atoms with Crippen LogP contribution in [-0.4, -0.2) is 10.5 Å². The molecule has 0 aliphatic heterocycles. The lowest BCUT2D eigenvalue weighted by Gasteiger charge is -2.01. The Morgan fingerprint density at radius 1 is 1.23 bits per heavy atom. The van der Waals surface area contributed by atoms with Gasteiger partial charge in [0.1, 0.15) is 0 Å². The van der Waals surface area contributed by atoms with Gasteiger partial charge in [0, 0.05) is 18.0 Å². The van der Waals surface area contributed by atoms with E-state index in [0.717, 1.165) is 15.2 Å². The molecule has 3 nitrogen and oxygen atoms in total. The molecule has 0 saturated heterocycles. The molecular formula is C17H16N2OS2. The monoisotopic (exact) mass is 328 g/mol. The third kappa shape index (κ3) is 2.82.